The van der Waals surface area contributed by atoms with E-state index in [2.05, 4.69) is 0 Å². The van der Waals surface area contributed by atoms with Crippen molar-refractivity contribution in [2.45, 2.75) is 23.6 Å². The van der Waals surface area contributed by atoms with Gasteiger partial charge in [-0.05, 0) is 18.4 Å². The van der Waals surface area contributed by atoms with Crippen LogP contribution in [-0.2, 0) is 21.1 Å². The highest BCUT2D eigenvalue weighted by Crippen LogP contribution is 2.29. The van der Waals surface area contributed by atoms with Crippen LogP contribution < -0.4 is 0 Å². The molecule has 0 aliphatic rings. The van der Waals surface area contributed by atoms with Crippen LogP contribution in [-0.4, -0.2) is 30.3 Å². The predicted octanol–water partition coefficient (Wildman–Crippen LogP) is 2.01. The Morgan fingerprint density at radius 3 is 2.16 bits per heavy atom. The van der Waals surface area contributed by atoms with Crippen LogP contribution in [0.4, 0.5) is 13.2 Å². The molecule has 0 spiro atoms. The van der Waals surface area contributed by atoms with Crippen molar-refractivity contribution < 1.29 is 31.5 Å². The van der Waals surface area contributed by atoms with Crippen LogP contribution in [0, 0.1) is 0 Å². The Hall–Kier alpha value is -1.57. The van der Waals surface area contributed by atoms with Crippen LogP contribution in [0.2, 0.25) is 0 Å². The van der Waals surface area contributed by atoms with Gasteiger partial charge in [-0.15, -0.1) is 0 Å². The maximum atomic E-state index is 12.3. The van der Waals surface area contributed by atoms with Gasteiger partial charge < -0.3 is 5.11 Å². The Bertz CT molecular complexity index is 537. The highest BCUT2D eigenvalue weighted by atomic mass is 32.2. The van der Waals surface area contributed by atoms with E-state index in [1.54, 1.807) is 30.3 Å². The van der Waals surface area contributed by atoms with Gasteiger partial charge in [-0.25, -0.2) is 8.42 Å². The molecule has 0 fully saturated rings. The fourth-order valence-corrected chi connectivity index (χ4v) is 2.53. The van der Waals surface area contributed by atoms with Gasteiger partial charge in [-0.1, -0.05) is 30.3 Å². The van der Waals surface area contributed by atoms with Crippen molar-refractivity contribution in [2.24, 2.45) is 0 Å². The second-order valence-electron chi connectivity index (χ2n) is 3.84. The van der Waals surface area contributed by atoms with Crippen molar-refractivity contribution >= 4 is 15.8 Å². The molecule has 0 unspecified atom stereocenters. The smallest absolute Gasteiger partial charge is 0.480 e. The molecule has 1 rings (SSSR count). The summed E-state index contributed by atoms with van der Waals surface area (Å²) in [6, 6.07) is 8.11. The number of sulfone groups is 1. The summed E-state index contributed by atoms with van der Waals surface area (Å²) in [6.45, 7) is 0. The molecule has 0 heterocycles. The molecule has 1 atom stereocenters. The minimum atomic E-state index is -5.71. The van der Waals surface area contributed by atoms with Crippen molar-refractivity contribution in [1.29, 1.82) is 0 Å². The number of aliphatic carboxylic acids is 1. The monoisotopic (exact) mass is 296 g/mol. The summed E-state index contributed by atoms with van der Waals surface area (Å²) in [6.07, 6.45) is -0.686. The van der Waals surface area contributed by atoms with E-state index in [4.69, 9.17) is 5.11 Å². The number of carboxylic acids is 1. The lowest BCUT2D eigenvalue weighted by Gasteiger charge is -2.15. The van der Waals surface area contributed by atoms with Crippen LogP contribution in [0.3, 0.4) is 0 Å². The summed E-state index contributed by atoms with van der Waals surface area (Å²) < 4.78 is 59.2. The van der Waals surface area contributed by atoms with Gasteiger partial charge in [-0.3, -0.25) is 4.79 Å². The van der Waals surface area contributed by atoms with E-state index >= 15 is 0 Å². The number of halogens is 3. The summed E-state index contributed by atoms with van der Waals surface area (Å²) in [7, 11) is -5.71. The predicted molar refractivity (Wildman–Crippen MR) is 61.2 cm³/mol. The quantitative estimate of drug-likeness (QED) is 0.902. The van der Waals surface area contributed by atoms with E-state index in [1.807, 2.05) is 0 Å². The number of carboxylic acid groups (broad SMARTS) is 1. The average Bonchev–Trinajstić information content (AvgIpc) is 2.28. The number of hydrogen-bond acceptors (Lipinski definition) is 3. The standard InChI is InChI=1S/C11H11F3O4S/c12-11(13,14)19(17,18)9(10(15)16)7-6-8-4-2-1-3-5-8/h1-5,9H,6-7H2,(H,15,16)/t9-/m1/s1. The fourth-order valence-electron chi connectivity index (χ4n) is 1.52. The Labute approximate surface area is 107 Å². The lowest BCUT2D eigenvalue weighted by molar-refractivity contribution is -0.137. The molecule has 4 nitrogen and oxygen atoms in total. The molecule has 0 bridgehead atoms. The first-order valence-electron chi connectivity index (χ1n) is 5.23. The zero-order chi connectivity index (χ0) is 14.7. The van der Waals surface area contributed by atoms with Crippen molar-refractivity contribution in [1.82, 2.24) is 0 Å². The van der Waals surface area contributed by atoms with Crippen LogP contribution in [0.15, 0.2) is 30.3 Å². The molecule has 106 valence electrons. The van der Waals surface area contributed by atoms with E-state index in [-0.39, 0.29) is 6.42 Å². The minimum Gasteiger partial charge on any atom is -0.480 e. The number of hydrogen-bond donors (Lipinski definition) is 1. The van der Waals surface area contributed by atoms with E-state index in [9.17, 15) is 26.4 Å². The highest BCUT2D eigenvalue weighted by molar-refractivity contribution is 7.93. The van der Waals surface area contributed by atoms with E-state index in [0.29, 0.717) is 5.56 Å². The summed E-state index contributed by atoms with van der Waals surface area (Å²) in [5.74, 6) is -1.99. The third-order valence-corrected chi connectivity index (χ3v) is 4.34. The molecule has 0 saturated carbocycles. The molecule has 1 aromatic carbocycles. The molecule has 1 N–H and O–H groups in total. The summed E-state index contributed by atoms with van der Waals surface area (Å²) in [4.78, 5) is 10.7. The van der Waals surface area contributed by atoms with Crippen molar-refractivity contribution in [3.63, 3.8) is 0 Å². The highest BCUT2D eigenvalue weighted by Gasteiger charge is 2.53. The Morgan fingerprint density at radius 1 is 1.21 bits per heavy atom. The van der Waals surface area contributed by atoms with Crippen LogP contribution in [0.5, 0.6) is 0 Å². The average molecular weight is 296 g/mol. The van der Waals surface area contributed by atoms with E-state index in [1.165, 1.54) is 0 Å². The van der Waals surface area contributed by atoms with Crippen LogP contribution >= 0.6 is 0 Å². The number of aryl methyl sites for hydroxylation is 1. The van der Waals surface area contributed by atoms with Gasteiger partial charge >= 0.3 is 11.5 Å². The molecule has 0 aliphatic heterocycles. The molecule has 1 aromatic rings. The number of carbonyl (C=O) groups is 1. The molecule has 0 saturated heterocycles. The lowest BCUT2D eigenvalue weighted by atomic mass is 10.1. The molecule has 19 heavy (non-hydrogen) atoms. The first-order valence-corrected chi connectivity index (χ1v) is 6.78. The molecule has 0 aromatic heterocycles. The summed E-state index contributed by atoms with van der Waals surface area (Å²) in [5, 5.41) is 6.19. The van der Waals surface area contributed by atoms with Crippen LogP contribution in [0.25, 0.3) is 0 Å². The second-order valence-corrected chi connectivity index (χ2v) is 5.96. The molecular formula is C11H11F3O4S. The van der Waals surface area contributed by atoms with Crippen molar-refractivity contribution in [3.8, 4) is 0 Å². The van der Waals surface area contributed by atoms with Gasteiger partial charge in [-0.2, -0.15) is 13.2 Å². The summed E-state index contributed by atoms with van der Waals surface area (Å²) in [5.41, 5.74) is -4.99. The first-order chi connectivity index (χ1) is 8.66. The Morgan fingerprint density at radius 2 is 1.74 bits per heavy atom. The zero-order valence-corrected chi connectivity index (χ0v) is 10.4. The first kappa shape index (κ1) is 15.5. The number of benzene rings is 1. The van der Waals surface area contributed by atoms with Crippen molar-refractivity contribution in [2.75, 3.05) is 0 Å². The van der Waals surface area contributed by atoms with Crippen LogP contribution in [0.1, 0.15) is 12.0 Å². The summed E-state index contributed by atoms with van der Waals surface area (Å²) >= 11 is 0. The molecule has 0 amide bonds. The SMILES string of the molecule is O=C(O)[C@@H](CCc1ccccc1)S(=O)(=O)C(F)(F)F. The Balaban J connectivity index is 2.90. The van der Waals surface area contributed by atoms with Gasteiger partial charge in [0.2, 0.25) is 0 Å². The molecular weight excluding hydrogens is 285 g/mol. The normalized spacial score (nSPS) is 14.1. The topological polar surface area (TPSA) is 71.4 Å². The van der Waals surface area contributed by atoms with E-state index < -0.39 is 33.0 Å². The van der Waals surface area contributed by atoms with Gasteiger partial charge in [0.1, 0.15) is 0 Å². The van der Waals surface area contributed by atoms with E-state index in [0.717, 1.165) is 0 Å². The maximum absolute atomic E-state index is 12.3. The third-order valence-electron chi connectivity index (χ3n) is 2.51. The number of alkyl halides is 3. The number of rotatable bonds is 5. The largest absolute Gasteiger partial charge is 0.498 e. The van der Waals surface area contributed by atoms with Gasteiger partial charge in [0, 0.05) is 0 Å². The van der Waals surface area contributed by atoms with Gasteiger partial charge in [0.25, 0.3) is 9.84 Å². The molecule has 0 aliphatic carbocycles. The molecule has 8 heteroatoms. The zero-order valence-electron chi connectivity index (χ0n) is 9.59. The molecule has 0 radical (unpaired) electrons. The maximum Gasteiger partial charge on any atom is 0.498 e. The fraction of sp³-hybridized carbons (Fsp3) is 0.364. The second kappa shape index (κ2) is 5.60. The van der Waals surface area contributed by atoms with Gasteiger partial charge in [0.05, 0.1) is 0 Å². The minimum absolute atomic E-state index is 0.0624. The lowest BCUT2D eigenvalue weighted by Crippen LogP contribution is -2.39. The van der Waals surface area contributed by atoms with Crippen molar-refractivity contribution in [3.05, 3.63) is 35.9 Å². The Kier molecular flexibility index (Phi) is 4.56. The third kappa shape index (κ3) is 3.69. The van der Waals surface area contributed by atoms with Gasteiger partial charge in [0.15, 0.2) is 5.25 Å².